The number of cyclic esters (lactones) is 1. The molecule has 1 heterocycles. The molecule has 5 heteroatoms. The smallest absolute Gasteiger partial charge is 0.412 e. The summed E-state index contributed by atoms with van der Waals surface area (Å²) >= 11 is 6.07. The Balaban J connectivity index is 2.63. The number of fused-ring (bicyclic) bond motifs is 1. The van der Waals surface area contributed by atoms with E-state index < -0.39 is 11.7 Å². The maximum Gasteiger partial charge on any atom is 0.412 e. The molecule has 1 aliphatic rings. The van der Waals surface area contributed by atoms with E-state index in [0.717, 1.165) is 5.56 Å². The number of methoxy groups -OCH3 is 1. The lowest BCUT2D eigenvalue weighted by Gasteiger charge is -2.33. The molecule has 0 unspecified atom stereocenters. The molecule has 0 saturated carbocycles. The second-order valence-electron chi connectivity index (χ2n) is 4.06. The van der Waals surface area contributed by atoms with Crippen LogP contribution in [0.25, 0.3) is 0 Å². The summed E-state index contributed by atoms with van der Waals surface area (Å²) in [7, 11) is 1.56. The van der Waals surface area contributed by atoms with Crippen LogP contribution in [-0.4, -0.2) is 13.2 Å². The molecule has 1 aromatic rings. The van der Waals surface area contributed by atoms with Crippen molar-refractivity contribution in [3.63, 3.8) is 0 Å². The Kier molecular flexibility index (Phi) is 2.46. The topological polar surface area (TPSA) is 47.6 Å². The van der Waals surface area contributed by atoms with E-state index in [4.69, 9.17) is 21.1 Å². The Labute approximate surface area is 98.5 Å². The van der Waals surface area contributed by atoms with Gasteiger partial charge >= 0.3 is 6.09 Å². The number of hydrogen-bond acceptors (Lipinski definition) is 3. The molecule has 0 fully saturated rings. The van der Waals surface area contributed by atoms with Crippen LogP contribution < -0.4 is 10.1 Å². The Morgan fingerprint density at radius 3 is 2.75 bits per heavy atom. The van der Waals surface area contributed by atoms with E-state index in [9.17, 15) is 4.79 Å². The highest BCUT2D eigenvalue weighted by Gasteiger charge is 2.35. The highest BCUT2D eigenvalue weighted by molar-refractivity contribution is 6.34. The number of ether oxygens (including phenoxy) is 2. The number of carbonyl (C=O) groups is 1. The van der Waals surface area contributed by atoms with Crippen LogP contribution >= 0.6 is 11.6 Å². The van der Waals surface area contributed by atoms with Gasteiger partial charge in [0.25, 0.3) is 0 Å². The Bertz CT molecular complexity index is 457. The Morgan fingerprint density at radius 2 is 2.12 bits per heavy atom. The van der Waals surface area contributed by atoms with Gasteiger partial charge in [-0.05, 0) is 19.9 Å². The summed E-state index contributed by atoms with van der Waals surface area (Å²) in [6.07, 6.45) is -0.496. The molecular formula is C11H12ClNO3. The van der Waals surface area contributed by atoms with Crippen molar-refractivity contribution in [3.8, 4) is 5.75 Å². The molecule has 2 rings (SSSR count). The van der Waals surface area contributed by atoms with Gasteiger partial charge in [0.15, 0.2) is 0 Å². The number of amides is 1. The van der Waals surface area contributed by atoms with E-state index in [-0.39, 0.29) is 0 Å². The molecule has 0 aliphatic carbocycles. The average Bonchev–Trinajstić information content (AvgIpc) is 2.18. The zero-order valence-corrected chi connectivity index (χ0v) is 10.0. The number of anilines is 1. The van der Waals surface area contributed by atoms with Crippen LogP contribution in [0.3, 0.4) is 0 Å². The summed E-state index contributed by atoms with van der Waals surface area (Å²) in [4.78, 5) is 11.3. The predicted octanol–water partition coefficient (Wildman–Crippen LogP) is 3.15. The fourth-order valence-corrected chi connectivity index (χ4v) is 1.97. The zero-order chi connectivity index (χ0) is 11.9. The normalized spacial score (nSPS) is 17.1. The first kappa shape index (κ1) is 11.1. The SMILES string of the molecule is COc1cc(Cl)c2c(c1)C(C)(C)OC(=O)N2. The molecule has 16 heavy (non-hydrogen) atoms. The lowest BCUT2D eigenvalue weighted by molar-refractivity contribution is 0.0419. The standard InChI is InChI=1S/C11H12ClNO3/c1-11(2)7-4-6(15-3)5-8(12)9(7)13-10(14)16-11/h4-5H,1-3H3,(H,13,14). The van der Waals surface area contributed by atoms with E-state index in [1.54, 1.807) is 33.1 Å². The van der Waals surface area contributed by atoms with Crippen LogP contribution in [-0.2, 0) is 10.3 Å². The van der Waals surface area contributed by atoms with Crippen molar-refractivity contribution in [2.24, 2.45) is 0 Å². The van der Waals surface area contributed by atoms with Gasteiger partial charge in [0.1, 0.15) is 11.4 Å². The number of benzene rings is 1. The van der Waals surface area contributed by atoms with Gasteiger partial charge < -0.3 is 9.47 Å². The van der Waals surface area contributed by atoms with Crippen LogP contribution in [0.1, 0.15) is 19.4 Å². The van der Waals surface area contributed by atoms with Gasteiger partial charge in [0.05, 0.1) is 17.8 Å². The van der Waals surface area contributed by atoms with Crippen LogP contribution in [0, 0.1) is 0 Å². The quantitative estimate of drug-likeness (QED) is 0.822. The fraction of sp³-hybridized carbons (Fsp3) is 0.364. The maximum absolute atomic E-state index is 11.3. The van der Waals surface area contributed by atoms with Crippen LogP contribution in [0.5, 0.6) is 5.75 Å². The molecular weight excluding hydrogens is 230 g/mol. The van der Waals surface area contributed by atoms with Gasteiger partial charge in [-0.3, -0.25) is 5.32 Å². The van der Waals surface area contributed by atoms with Gasteiger partial charge in [-0.25, -0.2) is 4.79 Å². The maximum atomic E-state index is 11.3. The van der Waals surface area contributed by atoms with Crippen molar-refractivity contribution < 1.29 is 14.3 Å². The lowest BCUT2D eigenvalue weighted by atomic mass is 9.94. The van der Waals surface area contributed by atoms with Crippen molar-refractivity contribution in [2.45, 2.75) is 19.4 Å². The van der Waals surface area contributed by atoms with Gasteiger partial charge in [-0.1, -0.05) is 11.6 Å². The third-order valence-electron chi connectivity index (χ3n) is 2.52. The summed E-state index contributed by atoms with van der Waals surface area (Å²) in [5, 5.41) is 3.03. The van der Waals surface area contributed by atoms with Gasteiger partial charge in [-0.15, -0.1) is 0 Å². The first-order chi connectivity index (χ1) is 7.44. The highest BCUT2D eigenvalue weighted by atomic mass is 35.5. The summed E-state index contributed by atoms with van der Waals surface area (Å²) in [6, 6.07) is 3.46. The first-order valence-corrected chi connectivity index (χ1v) is 5.20. The average molecular weight is 242 g/mol. The lowest BCUT2D eigenvalue weighted by Crippen LogP contribution is -2.34. The molecule has 1 aliphatic heterocycles. The van der Waals surface area contributed by atoms with E-state index in [2.05, 4.69) is 5.32 Å². The predicted molar refractivity (Wildman–Crippen MR) is 61.1 cm³/mol. The van der Waals surface area contributed by atoms with Gasteiger partial charge in [0.2, 0.25) is 0 Å². The number of halogens is 1. The van der Waals surface area contributed by atoms with Crippen molar-refractivity contribution in [2.75, 3.05) is 12.4 Å². The molecule has 0 saturated heterocycles. The van der Waals surface area contributed by atoms with E-state index in [1.807, 2.05) is 0 Å². The van der Waals surface area contributed by atoms with E-state index in [1.165, 1.54) is 0 Å². The minimum Gasteiger partial charge on any atom is -0.497 e. The molecule has 86 valence electrons. The minimum atomic E-state index is -0.712. The molecule has 0 spiro atoms. The second kappa shape index (κ2) is 3.56. The fourth-order valence-electron chi connectivity index (χ4n) is 1.72. The molecule has 0 aromatic heterocycles. The molecule has 1 amide bonds. The van der Waals surface area contributed by atoms with Crippen molar-refractivity contribution in [1.29, 1.82) is 0 Å². The molecule has 1 N–H and O–H groups in total. The summed E-state index contributed by atoms with van der Waals surface area (Å²) in [5.74, 6) is 0.636. The number of carbonyl (C=O) groups excluding carboxylic acids is 1. The number of hydrogen-bond donors (Lipinski definition) is 1. The summed E-state index contributed by atoms with van der Waals surface area (Å²) in [6.45, 7) is 3.61. The Morgan fingerprint density at radius 1 is 1.44 bits per heavy atom. The molecule has 1 aromatic carbocycles. The van der Waals surface area contributed by atoms with Crippen molar-refractivity contribution >= 4 is 23.4 Å². The van der Waals surface area contributed by atoms with E-state index >= 15 is 0 Å². The van der Waals surface area contributed by atoms with Crippen LogP contribution in [0.4, 0.5) is 10.5 Å². The monoisotopic (exact) mass is 241 g/mol. The van der Waals surface area contributed by atoms with Crippen LogP contribution in [0.15, 0.2) is 12.1 Å². The largest absolute Gasteiger partial charge is 0.497 e. The Hall–Kier alpha value is -1.42. The zero-order valence-electron chi connectivity index (χ0n) is 9.26. The number of rotatable bonds is 1. The summed E-state index contributed by atoms with van der Waals surface area (Å²) in [5.41, 5.74) is 0.677. The molecule has 4 nitrogen and oxygen atoms in total. The van der Waals surface area contributed by atoms with Gasteiger partial charge in [0, 0.05) is 11.6 Å². The van der Waals surface area contributed by atoms with Gasteiger partial charge in [-0.2, -0.15) is 0 Å². The van der Waals surface area contributed by atoms with Crippen LogP contribution in [0.2, 0.25) is 5.02 Å². The molecule has 0 radical (unpaired) electrons. The summed E-state index contributed by atoms with van der Waals surface area (Å²) < 4.78 is 10.3. The van der Waals surface area contributed by atoms with E-state index in [0.29, 0.717) is 16.5 Å². The minimum absolute atomic E-state index is 0.444. The first-order valence-electron chi connectivity index (χ1n) is 4.82. The third kappa shape index (κ3) is 1.69. The molecule has 0 bridgehead atoms. The van der Waals surface area contributed by atoms with Crippen molar-refractivity contribution in [1.82, 2.24) is 0 Å². The third-order valence-corrected chi connectivity index (χ3v) is 2.82. The number of nitrogens with one attached hydrogen (secondary N) is 1. The highest BCUT2D eigenvalue weighted by Crippen LogP contribution is 2.41. The second-order valence-corrected chi connectivity index (χ2v) is 4.46. The van der Waals surface area contributed by atoms with Crippen molar-refractivity contribution in [3.05, 3.63) is 22.7 Å². The molecule has 0 atom stereocenters.